The number of nitrogens with zero attached hydrogens (tertiary/aromatic N) is 2. The molecule has 1 amide bonds. The number of pyridine rings is 1. The Balaban J connectivity index is 1.39. The molecular formula is C25H31N3O2. The maximum Gasteiger partial charge on any atom is 0.253 e. The van der Waals surface area contributed by atoms with Gasteiger partial charge in [0.25, 0.3) is 5.91 Å². The molecule has 0 unspecified atom stereocenters. The molecule has 1 aromatic carbocycles. The van der Waals surface area contributed by atoms with Gasteiger partial charge in [0, 0.05) is 29.7 Å². The van der Waals surface area contributed by atoms with Crippen molar-refractivity contribution in [1.29, 1.82) is 0 Å². The van der Waals surface area contributed by atoms with Gasteiger partial charge in [-0.2, -0.15) is 0 Å². The Kier molecular flexibility index (Phi) is 5.15. The average Bonchev–Trinajstić information content (AvgIpc) is 3.23. The molecule has 5 heterocycles. The van der Waals surface area contributed by atoms with Crippen LogP contribution in [0.1, 0.15) is 49.9 Å². The number of ether oxygens (including phenoxy) is 1. The van der Waals surface area contributed by atoms with E-state index in [4.69, 9.17) is 4.74 Å². The highest BCUT2D eigenvalue weighted by molar-refractivity contribution is 5.97. The zero-order chi connectivity index (χ0) is 20.7. The van der Waals surface area contributed by atoms with Crippen LogP contribution in [0.5, 0.6) is 5.75 Å². The van der Waals surface area contributed by atoms with Crippen molar-refractivity contribution in [3.8, 4) is 5.75 Å². The Labute approximate surface area is 178 Å². The molecule has 6 rings (SSSR count). The Morgan fingerprint density at radius 2 is 1.93 bits per heavy atom. The van der Waals surface area contributed by atoms with Crippen LogP contribution in [0.2, 0.25) is 0 Å². The molecule has 5 nitrogen and oxygen atoms in total. The molecule has 1 N–H and O–H groups in total. The Bertz CT molecular complexity index is 1060. The lowest BCUT2D eigenvalue weighted by Gasteiger charge is -2.44. The first-order chi connectivity index (χ1) is 14.6. The van der Waals surface area contributed by atoms with Crippen molar-refractivity contribution in [3.63, 3.8) is 0 Å². The lowest BCUT2D eigenvalue weighted by atomic mass is 9.84. The third-order valence-corrected chi connectivity index (χ3v) is 6.99. The van der Waals surface area contributed by atoms with Crippen LogP contribution in [-0.2, 0) is 0 Å². The number of carbonyl (C=O) groups is 1. The van der Waals surface area contributed by atoms with Crippen molar-refractivity contribution < 1.29 is 9.53 Å². The normalized spacial score (nSPS) is 23.4. The van der Waals surface area contributed by atoms with Gasteiger partial charge >= 0.3 is 0 Å². The summed E-state index contributed by atoms with van der Waals surface area (Å²) in [5, 5.41) is 4.42. The molecule has 3 saturated heterocycles. The van der Waals surface area contributed by atoms with Crippen LogP contribution in [0.4, 0.5) is 0 Å². The van der Waals surface area contributed by atoms with Crippen molar-refractivity contribution in [2.75, 3.05) is 19.6 Å². The Hall–Kier alpha value is -2.53. The lowest BCUT2D eigenvalue weighted by Crippen LogP contribution is -2.57. The zero-order valence-electron chi connectivity index (χ0n) is 17.9. The van der Waals surface area contributed by atoms with Gasteiger partial charge in [-0.25, -0.2) is 0 Å². The predicted molar refractivity (Wildman–Crippen MR) is 120 cm³/mol. The molecular weight excluding hydrogens is 374 g/mol. The summed E-state index contributed by atoms with van der Waals surface area (Å²) in [5.41, 5.74) is 2.86. The second-order valence-corrected chi connectivity index (χ2v) is 8.85. The van der Waals surface area contributed by atoms with Crippen LogP contribution in [0, 0.1) is 5.92 Å². The minimum atomic E-state index is 0.0410. The van der Waals surface area contributed by atoms with E-state index in [-0.39, 0.29) is 18.1 Å². The zero-order valence-corrected chi connectivity index (χ0v) is 17.9. The first-order valence-corrected chi connectivity index (χ1v) is 11.4. The summed E-state index contributed by atoms with van der Waals surface area (Å²) < 4.78 is 8.22. The van der Waals surface area contributed by atoms with Gasteiger partial charge in [0.15, 0.2) is 0 Å². The number of benzene rings is 1. The molecule has 2 aromatic heterocycles. The van der Waals surface area contributed by atoms with Gasteiger partial charge in [0.1, 0.15) is 5.75 Å². The van der Waals surface area contributed by atoms with Gasteiger partial charge in [0.2, 0.25) is 0 Å². The quantitative estimate of drug-likeness (QED) is 0.658. The molecule has 0 spiro atoms. The van der Waals surface area contributed by atoms with E-state index >= 15 is 0 Å². The molecule has 30 heavy (non-hydrogen) atoms. The standard InChI is InChI=1S/C25H31N3O2/c1-3-21(4-2)30-22-7-8-24-18(14-22)5-6-20-13-19(15-28(20)24)25(29)26-23-16-27-11-9-17(23)10-12-27/h5-8,13-15,17,21,23H,3-4,9-12,16H2,1-2H3,(H,26,29)/t23-/m0/s1. The summed E-state index contributed by atoms with van der Waals surface area (Å²) >= 11 is 0. The Morgan fingerprint density at radius 3 is 2.63 bits per heavy atom. The van der Waals surface area contributed by atoms with Crippen molar-refractivity contribution >= 4 is 22.3 Å². The number of carbonyl (C=O) groups excluding carboxylic acids is 1. The third kappa shape index (κ3) is 3.56. The van der Waals surface area contributed by atoms with Crippen molar-refractivity contribution in [1.82, 2.24) is 14.6 Å². The van der Waals surface area contributed by atoms with Crippen LogP contribution in [0.25, 0.3) is 16.4 Å². The highest BCUT2D eigenvalue weighted by Gasteiger charge is 2.35. The van der Waals surface area contributed by atoms with E-state index in [1.165, 1.54) is 25.9 Å². The maximum absolute atomic E-state index is 13.0. The fraction of sp³-hybridized carbons (Fsp3) is 0.480. The minimum absolute atomic E-state index is 0.0410. The van der Waals surface area contributed by atoms with Crippen LogP contribution < -0.4 is 10.1 Å². The van der Waals surface area contributed by atoms with Gasteiger partial charge in [-0.05, 0) is 75.0 Å². The van der Waals surface area contributed by atoms with E-state index < -0.39 is 0 Å². The van der Waals surface area contributed by atoms with Crippen LogP contribution >= 0.6 is 0 Å². The van der Waals surface area contributed by atoms with Crippen molar-refractivity contribution in [2.24, 2.45) is 5.92 Å². The summed E-state index contributed by atoms with van der Waals surface area (Å²) in [5.74, 6) is 1.58. The molecule has 3 aromatic rings. The second-order valence-electron chi connectivity index (χ2n) is 8.85. The molecule has 0 saturated carbocycles. The number of amides is 1. The molecule has 5 heteroatoms. The molecule has 0 aliphatic carbocycles. The molecule has 3 fully saturated rings. The van der Waals surface area contributed by atoms with Gasteiger partial charge in [0.05, 0.1) is 17.2 Å². The van der Waals surface area contributed by atoms with E-state index in [1.807, 2.05) is 18.3 Å². The molecule has 0 radical (unpaired) electrons. The predicted octanol–water partition coefficient (Wildman–Crippen LogP) is 4.48. The van der Waals surface area contributed by atoms with Gasteiger partial charge in [-0.15, -0.1) is 0 Å². The SMILES string of the molecule is CCC(CC)Oc1ccc2c(ccc3cc(C(=O)N[C@H]4CN5CCC4CC5)cn32)c1. The van der Waals surface area contributed by atoms with Crippen molar-refractivity contribution in [3.05, 3.63) is 48.2 Å². The summed E-state index contributed by atoms with van der Waals surface area (Å²) in [6.07, 6.45) is 6.63. The number of hydrogen-bond acceptors (Lipinski definition) is 3. The fourth-order valence-electron chi connectivity index (χ4n) is 5.10. The number of nitrogens with one attached hydrogen (secondary N) is 1. The summed E-state index contributed by atoms with van der Waals surface area (Å²) in [4.78, 5) is 15.4. The number of fused-ring (bicyclic) bond motifs is 6. The van der Waals surface area contributed by atoms with E-state index in [2.05, 4.69) is 52.7 Å². The van der Waals surface area contributed by atoms with Crippen LogP contribution in [-0.4, -0.2) is 47.0 Å². The molecule has 2 bridgehead atoms. The number of rotatable bonds is 6. The van der Waals surface area contributed by atoms with Crippen LogP contribution in [0.3, 0.4) is 0 Å². The first-order valence-electron chi connectivity index (χ1n) is 11.4. The minimum Gasteiger partial charge on any atom is -0.490 e. The largest absolute Gasteiger partial charge is 0.490 e. The molecule has 3 aliphatic heterocycles. The van der Waals surface area contributed by atoms with Gasteiger partial charge < -0.3 is 19.4 Å². The maximum atomic E-state index is 13.0. The van der Waals surface area contributed by atoms with E-state index in [0.29, 0.717) is 5.92 Å². The van der Waals surface area contributed by atoms with Gasteiger partial charge in [-0.3, -0.25) is 4.79 Å². The summed E-state index contributed by atoms with van der Waals surface area (Å²) in [6.45, 7) is 7.66. The second kappa shape index (κ2) is 7.95. The van der Waals surface area contributed by atoms with Crippen molar-refractivity contribution in [2.45, 2.75) is 51.7 Å². The summed E-state index contributed by atoms with van der Waals surface area (Å²) in [7, 11) is 0. The van der Waals surface area contributed by atoms with Crippen LogP contribution in [0.15, 0.2) is 42.6 Å². The Morgan fingerprint density at radius 1 is 1.13 bits per heavy atom. The number of piperidine rings is 3. The van der Waals surface area contributed by atoms with E-state index in [1.54, 1.807) is 0 Å². The fourth-order valence-corrected chi connectivity index (χ4v) is 5.10. The molecule has 3 aliphatic rings. The molecule has 1 atom stereocenters. The number of hydrogen-bond donors (Lipinski definition) is 1. The highest BCUT2D eigenvalue weighted by atomic mass is 16.5. The topological polar surface area (TPSA) is 46.0 Å². The number of aromatic nitrogens is 1. The lowest BCUT2D eigenvalue weighted by molar-refractivity contribution is 0.0620. The van der Waals surface area contributed by atoms with E-state index in [9.17, 15) is 4.79 Å². The highest BCUT2D eigenvalue weighted by Crippen LogP contribution is 2.28. The average molecular weight is 406 g/mol. The first kappa shape index (κ1) is 19.4. The molecule has 158 valence electrons. The smallest absolute Gasteiger partial charge is 0.253 e. The van der Waals surface area contributed by atoms with Gasteiger partial charge in [-0.1, -0.05) is 19.9 Å². The monoisotopic (exact) mass is 405 g/mol. The van der Waals surface area contributed by atoms with E-state index in [0.717, 1.165) is 47.1 Å². The summed E-state index contributed by atoms with van der Waals surface area (Å²) in [6, 6.07) is 12.7. The third-order valence-electron chi connectivity index (χ3n) is 6.99.